The first kappa shape index (κ1) is 27.1. The van der Waals surface area contributed by atoms with E-state index in [1.54, 1.807) is 26.2 Å². The Morgan fingerprint density at radius 2 is 1.64 bits per heavy atom. The largest absolute Gasteiger partial charge is 0.450 e. The third-order valence-electron chi connectivity index (χ3n) is 5.11. The van der Waals surface area contributed by atoms with Gasteiger partial charge < -0.3 is 10.1 Å². The second kappa shape index (κ2) is 11.9. The topological polar surface area (TPSA) is 122 Å². The number of carbonyl (C=O) groups is 3. The highest BCUT2D eigenvalue weighted by atomic mass is 32.2. The van der Waals surface area contributed by atoms with Crippen molar-refractivity contribution in [3.05, 3.63) is 82.7 Å². The fourth-order valence-corrected chi connectivity index (χ4v) is 5.71. The van der Waals surface area contributed by atoms with E-state index in [9.17, 15) is 22.8 Å². The maximum absolute atomic E-state index is 13.3. The summed E-state index contributed by atoms with van der Waals surface area (Å²) in [5, 5.41) is 6.55. The lowest BCUT2D eigenvalue weighted by Crippen LogP contribution is -2.36. The summed E-state index contributed by atoms with van der Waals surface area (Å²) in [7, 11) is -3.82. The lowest BCUT2D eigenvalue weighted by atomic mass is 10.2. The van der Waals surface area contributed by atoms with Crippen molar-refractivity contribution in [2.24, 2.45) is 0 Å². The Hall–Kier alpha value is -3.54. The van der Waals surface area contributed by atoms with E-state index in [4.69, 9.17) is 4.74 Å². The van der Waals surface area contributed by atoms with Gasteiger partial charge in [-0.05, 0) is 62.0 Å². The fraction of sp³-hybridized carbons (Fsp3) is 0.240. The van der Waals surface area contributed by atoms with E-state index in [-0.39, 0.29) is 40.2 Å². The molecule has 0 saturated heterocycles. The van der Waals surface area contributed by atoms with Crippen molar-refractivity contribution in [1.82, 2.24) is 9.62 Å². The van der Waals surface area contributed by atoms with Crippen molar-refractivity contribution < 1.29 is 27.5 Å². The average Bonchev–Trinajstić information content (AvgIpc) is 3.31. The van der Waals surface area contributed by atoms with Crippen molar-refractivity contribution in [3.63, 3.8) is 0 Å². The number of imide groups is 1. The maximum Gasteiger partial charge on any atom is 0.414 e. The first-order valence-corrected chi connectivity index (χ1v) is 13.5. The predicted octanol–water partition coefficient (Wildman–Crippen LogP) is 4.49. The Morgan fingerprint density at radius 3 is 2.25 bits per heavy atom. The number of amides is 3. The second-order valence-electron chi connectivity index (χ2n) is 7.95. The first-order chi connectivity index (χ1) is 17.1. The lowest BCUT2D eigenvalue weighted by Gasteiger charge is -2.26. The fourth-order valence-electron chi connectivity index (χ4n) is 3.31. The molecule has 0 aliphatic rings. The van der Waals surface area contributed by atoms with E-state index in [2.05, 4.69) is 10.6 Å². The van der Waals surface area contributed by atoms with Gasteiger partial charge in [0.05, 0.1) is 17.1 Å². The van der Waals surface area contributed by atoms with E-state index in [0.717, 1.165) is 16.9 Å². The highest BCUT2D eigenvalue weighted by Crippen LogP contribution is 2.25. The van der Waals surface area contributed by atoms with Crippen LogP contribution in [0.15, 0.2) is 70.9 Å². The Labute approximate surface area is 214 Å². The Morgan fingerprint density at radius 1 is 0.972 bits per heavy atom. The molecular weight excluding hydrogens is 502 g/mol. The zero-order valence-corrected chi connectivity index (χ0v) is 21.7. The summed E-state index contributed by atoms with van der Waals surface area (Å²) in [6, 6.07) is 16.1. The molecule has 0 aliphatic carbocycles. The van der Waals surface area contributed by atoms with Gasteiger partial charge in [-0.15, -0.1) is 11.3 Å². The van der Waals surface area contributed by atoms with Crippen LogP contribution >= 0.6 is 11.3 Å². The summed E-state index contributed by atoms with van der Waals surface area (Å²) in [5.74, 6) is -1.24. The monoisotopic (exact) mass is 529 g/mol. The van der Waals surface area contributed by atoms with Crippen molar-refractivity contribution in [2.75, 3.05) is 11.9 Å². The van der Waals surface area contributed by atoms with E-state index < -0.39 is 27.9 Å². The molecule has 9 nitrogen and oxygen atoms in total. The number of hydrogen-bond donors (Lipinski definition) is 2. The van der Waals surface area contributed by atoms with Crippen LogP contribution in [0.5, 0.6) is 0 Å². The van der Waals surface area contributed by atoms with Crippen LogP contribution in [-0.4, -0.2) is 43.3 Å². The molecule has 11 heteroatoms. The van der Waals surface area contributed by atoms with Gasteiger partial charge in [-0.1, -0.05) is 30.3 Å². The molecule has 2 aromatic carbocycles. The number of nitrogens with zero attached hydrogens (tertiary/aromatic N) is 1. The molecule has 2 N–H and O–H groups in total. The molecule has 3 aromatic rings. The minimum Gasteiger partial charge on any atom is -0.450 e. The predicted molar refractivity (Wildman–Crippen MR) is 138 cm³/mol. The van der Waals surface area contributed by atoms with Crippen molar-refractivity contribution >= 4 is 44.3 Å². The van der Waals surface area contributed by atoms with Crippen LogP contribution in [-0.2, 0) is 21.3 Å². The van der Waals surface area contributed by atoms with Crippen molar-refractivity contribution in [1.29, 1.82) is 0 Å². The zero-order chi connectivity index (χ0) is 26.3. The molecule has 3 amide bonds. The highest BCUT2D eigenvalue weighted by molar-refractivity contribution is 7.89. The van der Waals surface area contributed by atoms with Gasteiger partial charge >= 0.3 is 6.09 Å². The van der Waals surface area contributed by atoms with Gasteiger partial charge in [0, 0.05) is 18.2 Å². The summed E-state index contributed by atoms with van der Waals surface area (Å²) in [6.45, 7) is 5.55. The number of nitrogens with one attached hydrogen (secondary N) is 2. The maximum atomic E-state index is 13.3. The number of anilines is 1. The molecule has 190 valence electrons. The summed E-state index contributed by atoms with van der Waals surface area (Å²) < 4.78 is 32.7. The number of sulfonamides is 1. The molecule has 36 heavy (non-hydrogen) atoms. The van der Waals surface area contributed by atoms with Gasteiger partial charge in [0.25, 0.3) is 11.8 Å². The number of hydrogen-bond acceptors (Lipinski definition) is 7. The summed E-state index contributed by atoms with van der Waals surface area (Å²) in [6.07, 6.45) is -0.884. The Bertz CT molecular complexity index is 1320. The summed E-state index contributed by atoms with van der Waals surface area (Å²) in [4.78, 5) is 36.7. The third-order valence-corrected chi connectivity index (χ3v) is 7.97. The molecular formula is C25H27N3O6S2. The minimum atomic E-state index is -3.82. The van der Waals surface area contributed by atoms with Gasteiger partial charge in [0.1, 0.15) is 5.00 Å². The number of thiophene rings is 1. The molecule has 0 saturated carbocycles. The number of carbonyl (C=O) groups excluding carboxylic acids is 3. The molecule has 0 aliphatic heterocycles. The second-order valence-corrected chi connectivity index (χ2v) is 10.8. The zero-order valence-electron chi connectivity index (χ0n) is 20.1. The minimum absolute atomic E-state index is 0.0642. The SMILES string of the molecule is CCOC(=O)NC(=O)c1ccsc1NC(=O)c1ccc(S(=O)(=O)N(Cc2ccccc2)C(C)C)cc1. The molecule has 3 rings (SSSR count). The van der Waals surface area contributed by atoms with Crippen molar-refractivity contribution in [2.45, 2.75) is 38.3 Å². The molecule has 1 heterocycles. The van der Waals surface area contributed by atoms with Gasteiger partial charge in [0.15, 0.2) is 0 Å². The van der Waals surface area contributed by atoms with Crippen LogP contribution in [0.25, 0.3) is 0 Å². The van der Waals surface area contributed by atoms with Gasteiger partial charge in [-0.2, -0.15) is 4.31 Å². The standard InChI is InChI=1S/C25H27N3O6S2/c1-4-34-25(31)27-23(30)21-14-15-35-24(21)26-22(29)19-10-12-20(13-11-19)36(32,33)28(17(2)3)16-18-8-6-5-7-9-18/h5-15,17H,4,16H2,1-3H3,(H,26,29)(H,27,30,31). The van der Waals surface area contributed by atoms with Gasteiger partial charge in [-0.3, -0.25) is 14.9 Å². The van der Waals surface area contributed by atoms with E-state index in [1.165, 1.54) is 34.6 Å². The van der Waals surface area contributed by atoms with Crippen LogP contribution in [0.1, 0.15) is 47.1 Å². The van der Waals surface area contributed by atoms with Gasteiger partial charge in [-0.25, -0.2) is 13.2 Å². The van der Waals surface area contributed by atoms with Crippen LogP contribution in [0, 0.1) is 0 Å². The first-order valence-electron chi connectivity index (χ1n) is 11.2. The quantitative estimate of drug-likeness (QED) is 0.421. The number of ether oxygens (including phenoxy) is 1. The van der Waals surface area contributed by atoms with Crippen molar-refractivity contribution in [3.8, 4) is 0 Å². The number of rotatable bonds is 9. The Kier molecular flexibility index (Phi) is 8.97. The lowest BCUT2D eigenvalue weighted by molar-refractivity contribution is 0.0926. The van der Waals surface area contributed by atoms with Crippen LogP contribution in [0.3, 0.4) is 0 Å². The average molecular weight is 530 g/mol. The number of benzene rings is 2. The molecule has 0 unspecified atom stereocenters. The summed E-state index contributed by atoms with van der Waals surface area (Å²) in [5.41, 5.74) is 1.18. The Balaban J connectivity index is 1.74. The van der Waals surface area contributed by atoms with E-state index in [1.807, 2.05) is 30.3 Å². The molecule has 1 aromatic heterocycles. The summed E-state index contributed by atoms with van der Waals surface area (Å²) >= 11 is 1.11. The molecule has 0 bridgehead atoms. The van der Waals surface area contributed by atoms with E-state index in [0.29, 0.717) is 0 Å². The molecule has 0 spiro atoms. The third kappa shape index (κ3) is 6.56. The van der Waals surface area contributed by atoms with Gasteiger partial charge in [0.2, 0.25) is 10.0 Å². The van der Waals surface area contributed by atoms with E-state index >= 15 is 0 Å². The number of alkyl carbamates (subject to hydrolysis) is 1. The van der Waals surface area contributed by atoms with Crippen LogP contribution < -0.4 is 10.6 Å². The molecule has 0 radical (unpaired) electrons. The van der Waals surface area contributed by atoms with Crippen LogP contribution in [0.4, 0.5) is 9.80 Å². The normalized spacial score (nSPS) is 11.4. The smallest absolute Gasteiger partial charge is 0.414 e. The van der Waals surface area contributed by atoms with Crippen LogP contribution in [0.2, 0.25) is 0 Å². The highest BCUT2D eigenvalue weighted by Gasteiger charge is 2.27. The molecule has 0 atom stereocenters. The molecule has 0 fully saturated rings.